The fourth-order valence-corrected chi connectivity index (χ4v) is 8.83. The maximum absolute atomic E-state index is 12.4. The minimum Gasteiger partial charge on any atom is -0.390 e. The van der Waals surface area contributed by atoms with Crippen molar-refractivity contribution in [2.75, 3.05) is 19.2 Å². The second kappa shape index (κ2) is 15.8. The lowest BCUT2D eigenvalue weighted by atomic mass is 10.0. The molecule has 15 nitrogen and oxygen atoms in total. The van der Waals surface area contributed by atoms with Gasteiger partial charge in [0.15, 0.2) is 0 Å². The highest BCUT2D eigenvalue weighted by molar-refractivity contribution is 8.72. The first-order valence-electron chi connectivity index (χ1n) is 12.4. The lowest BCUT2D eigenvalue weighted by Gasteiger charge is -2.19. The molecule has 242 valence electrons. The fourth-order valence-electron chi connectivity index (χ4n) is 3.59. The molecule has 5 unspecified atom stereocenters. The molecule has 1 aromatic rings. The monoisotopic (exact) mass is 714 g/mol. The molecule has 1 saturated heterocycles. The number of hydrogen-bond donors (Lipinski definition) is 5. The van der Waals surface area contributed by atoms with Gasteiger partial charge in [0, 0.05) is 22.8 Å². The minimum absolute atomic E-state index is 0.0246. The number of ether oxygens (including phenoxy) is 2. The first kappa shape index (κ1) is 36.8. The average molecular weight is 715 g/mol. The van der Waals surface area contributed by atoms with Gasteiger partial charge in [0.2, 0.25) is 8.87 Å². The molecule has 1 aliphatic heterocycles. The molecule has 1 aliphatic carbocycles. The van der Waals surface area contributed by atoms with Crippen LogP contribution in [0.1, 0.15) is 12.0 Å². The summed E-state index contributed by atoms with van der Waals surface area (Å²) in [6.07, 6.45) is 7.18. The first-order valence-corrected chi connectivity index (χ1v) is 19.9. The van der Waals surface area contributed by atoms with Gasteiger partial charge in [-0.05, 0) is 36.8 Å². The third kappa shape index (κ3) is 12.6. The SMILES string of the molecule is Cc1ccc(S(=O)(=O)SCOCC#CC2=C/C=C\C=C(\C3CC(O)C(COP(=O)(O)OP(=O)(O)OP(=O)(O)O)O3)C=C2)cc1. The molecule has 0 spiro atoms. The number of allylic oxidation sites excluding steroid dienone is 6. The van der Waals surface area contributed by atoms with E-state index in [4.69, 9.17) is 19.3 Å². The Balaban J connectivity index is 1.48. The molecule has 0 amide bonds. The Morgan fingerprint density at radius 1 is 1.00 bits per heavy atom. The van der Waals surface area contributed by atoms with E-state index in [9.17, 15) is 37.0 Å². The van der Waals surface area contributed by atoms with Crippen LogP contribution in [-0.2, 0) is 45.2 Å². The number of benzene rings is 1. The third-order valence-corrected chi connectivity index (χ3v) is 12.6. The van der Waals surface area contributed by atoms with Gasteiger partial charge in [-0.15, -0.1) is 0 Å². The van der Waals surface area contributed by atoms with Crippen LogP contribution in [0.2, 0.25) is 0 Å². The summed E-state index contributed by atoms with van der Waals surface area (Å²) >= 11 is 0. The summed E-state index contributed by atoms with van der Waals surface area (Å²) in [5.74, 6) is 5.59. The van der Waals surface area contributed by atoms with Crippen LogP contribution in [0.4, 0.5) is 0 Å². The quantitative estimate of drug-likeness (QED) is 0.0649. The van der Waals surface area contributed by atoms with Crippen LogP contribution in [-0.4, -0.2) is 70.6 Å². The molecule has 5 atom stereocenters. The fraction of sp³-hybridized carbons (Fsp3) is 0.333. The Morgan fingerprint density at radius 2 is 1.68 bits per heavy atom. The molecule has 0 bridgehead atoms. The zero-order chi connectivity index (χ0) is 32.6. The Labute approximate surface area is 257 Å². The number of aliphatic hydroxyl groups excluding tert-OH is 1. The zero-order valence-corrected chi connectivity index (χ0v) is 27.1. The Kier molecular flexibility index (Phi) is 13.2. The molecular formula is C24H29O15P3S2. The minimum atomic E-state index is -5.67. The van der Waals surface area contributed by atoms with Crippen molar-refractivity contribution in [1.82, 2.24) is 0 Å². The van der Waals surface area contributed by atoms with Crippen molar-refractivity contribution in [3.05, 3.63) is 77.4 Å². The van der Waals surface area contributed by atoms with E-state index < -0.39 is 57.3 Å². The normalized spacial score (nSPS) is 25.3. The molecule has 5 N–H and O–H groups in total. The third-order valence-electron chi connectivity index (χ3n) is 5.55. The topological polar surface area (TPSA) is 233 Å². The van der Waals surface area contributed by atoms with Gasteiger partial charge in [0.1, 0.15) is 18.6 Å². The highest BCUT2D eigenvalue weighted by Gasteiger charge is 2.42. The van der Waals surface area contributed by atoms with Crippen molar-refractivity contribution >= 4 is 43.1 Å². The first-order chi connectivity index (χ1) is 20.4. The van der Waals surface area contributed by atoms with Gasteiger partial charge in [-0.2, -0.15) is 8.62 Å². The molecule has 1 aromatic carbocycles. The van der Waals surface area contributed by atoms with E-state index in [2.05, 4.69) is 25.0 Å². The molecule has 1 fully saturated rings. The van der Waals surface area contributed by atoms with E-state index in [1.807, 2.05) is 6.92 Å². The van der Waals surface area contributed by atoms with Crippen molar-refractivity contribution in [3.8, 4) is 11.8 Å². The van der Waals surface area contributed by atoms with Gasteiger partial charge in [0.05, 0.1) is 23.7 Å². The van der Waals surface area contributed by atoms with Gasteiger partial charge in [0.25, 0.3) is 0 Å². The molecule has 0 saturated carbocycles. The van der Waals surface area contributed by atoms with Crippen LogP contribution in [0.25, 0.3) is 0 Å². The summed E-state index contributed by atoms with van der Waals surface area (Å²) in [6, 6.07) is 6.48. The van der Waals surface area contributed by atoms with Crippen molar-refractivity contribution in [1.29, 1.82) is 0 Å². The van der Waals surface area contributed by atoms with E-state index in [1.165, 1.54) is 12.1 Å². The number of aliphatic hydroxyl groups is 1. The summed E-state index contributed by atoms with van der Waals surface area (Å²) in [5, 5.41) is 10.4. The lowest BCUT2D eigenvalue weighted by Crippen LogP contribution is -2.26. The summed E-state index contributed by atoms with van der Waals surface area (Å²) in [5.41, 5.74) is 2.13. The molecule has 1 heterocycles. The molecule has 20 heteroatoms. The number of phosphoric acid groups is 3. The molecule has 2 aliphatic rings. The second-order valence-corrected chi connectivity index (χ2v) is 17.3. The van der Waals surface area contributed by atoms with Crippen molar-refractivity contribution in [2.24, 2.45) is 0 Å². The largest absolute Gasteiger partial charge is 0.490 e. The maximum atomic E-state index is 12.4. The van der Waals surface area contributed by atoms with E-state index in [1.54, 1.807) is 48.6 Å². The molecule has 0 radical (unpaired) electrons. The van der Waals surface area contributed by atoms with Crippen LogP contribution >= 0.6 is 34.3 Å². The predicted molar refractivity (Wildman–Crippen MR) is 158 cm³/mol. The average Bonchev–Trinajstić information content (AvgIpc) is 3.24. The van der Waals surface area contributed by atoms with Crippen LogP contribution in [0.15, 0.2) is 76.8 Å². The van der Waals surface area contributed by atoms with Crippen LogP contribution in [0, 0.1) is 18.8 Å². The Morgan fingerprint density at radius 3 is 2.36 bits per heavy atom. The van der Waals surface area contributed by atoms with Gasteiger partial charge >= 0.3 is 23.5 Å². The predicted octanol–water partition coefficient (Wildman–Crippen LogP) is 3.23. The van der Waals surface area contributed by atoms with Gasteiger partial charge < -0.3 is 34.2 Å². The van der Waals surface area contributed by atoms with E-state index in [0.29, 0.717) is 21.9 Å². The number of hydrogen-bond acceptors (Lipinski definition) is 12. The molecular weight excluding hydrogens is 685 g/mol. The zero-order valence-electron chi connectivity index (χ0n) is 22.8. The standard InChI is InChI=1S/C24H29O15P3S2/c1-18-8-12-21(13-9-18)44(33,34)43-17-35-14-4-6-19-5-2-3-7-20(11-10-19)23-15-22(25)24(37-23)16-36-41(29,30)39-42(31,32)38-40(26,27)28/h2-3,5,7-13,22-25H,14-17H2,1H3,(H,29,30)(H,31,32)(H2,26,27,28)/b3-2-,5-2?,7-3?,11-10?,19-5?,19-10?,20-7+,20-11?. The molecule has 0 aromatic heterocycles. The van der Waals surface area contributed by atoms with Gasteiger partial charge in [-0.1, -0.05) is 53.8 Å². The van der Waals surface area contributed by atoms with E-state index in [-0.39, 0.29) is 23.9 Å². The van der Waals surface area contributed by atoms with Crippen molar-refractivity contribution in [3.63, 3.8) is 0 Å². The van der Waals surface area contributed by atoms with Crippen LogP contribution in [0.3, 0.4) is 0 Å². The van der Waals surface area contributed by atoms with E-state index >= 15 is 0 Å². The van der Waals surface area contributed by atoms with Crippen molar-refractivity contribution in [2.45, 2.75) is 36.6 Å². The summed E-state index contributed by atoms with van der Waals surface area (Å²) in [6.45, 7) is 1.05. The van der Waals surface area contributed by atoms with Gasteiger partial charge in [-0.3, -0.25) is 4.52 Å². The highest BCUT2D eigenvalue weighted by atomic mass is 33.1. The summed E-state index contributed by atoms with van der Waals surface area (Å²) in [4.78, 5) is 36.2. The van der Waals surface area contributed by atoms with Gasteiger partial charge in [-0.25, -0.2) is 22.1 Å². The summed E-state index contributed by atoms with van der Waals surface area (Å²) < 4.78 is 81.8. The Hall–Kier alpha value is -1.67. The van der Waals surface area contributed by atoms with Crippen LogP contribution in [0.5, 0.6) is 0 Å². The lowest BCUT2D eigenvalue weighted by molar-refractivity contribution is -0.0121. The maximum Gasteiger partial charge on any atom is 0.490 e. The number of aryl methyl sites for hydroxylation is 1. The van der Waals surface area contributed by atoms with E-state index in [0.717, 1.165) is 5.56 Å². The molecule has 3 rings (SSSR count). The number of rotatable bonds is 13. The van der Waals surface area contributed by atoms with Crippen LogP contribution < -0.4 is 0 Å². The smallest absolute Gasteiger partial charge is 0.390 e. The van der Waals surface area contributed by atoms with Crippen molar-refractivity contribution < 1.29 is 69.4 Å². The summed E-state index contributed by atoms with van der Waals surface area (Å²) in [7, 11) is -19.5. The second-order valence-electron chi connectivity index (χ2n) is 9.01. The number of phosphoric ester groups is 1. The Bertz CT molecular complexity index is 1620. The highest BCUT2D eigenvalue weighted by Crippen LogP contribution is 2.66. The molecule has 44 heavy (non-hydrogen) atoms.